The molecule has 1 aromatic heterocycles. The van der Waals surface area contributed by atoms with Crippen molar-refractivity contribution in [1.29, 1.82) is 0 Å². The molecule has 218 valence electrons. The Morgan fingerprint density at radius 2 is 1.83 bits per heavy atom. The minimum atomic E-state index is -4.77. The Hall–Kier alpha value is -4.52. The molecule has 9 nitrogen and oxygen atoms in total. The number of carbonyl (C=O) groups is 2. The average Bonchev–Trinajstić information content (AvgIpc) is 3.56. The molecule has 4 aromatic rings. The second-order valence-electron chi connectivity index (χ2n) is 9.82. The Morgan fingerprint density at radius 1 is 1.10 bits per heavy atom. The van der Waals surface area contributed by atoms with Crippen LogP contribution in [0, 0.1) is 6.92 Å². The molecule has 2 N–H and O–H groups in total. The van der Waals surface area contributed by atoms with Gasteiger partial charge in [0, 0.05) is 11.3 Å². The number of halogens is 3. The van der Waals surface area contributed by atoms with E-state index in [4.69, 9.17) is 0 Å². The van der Waals surface area contributed by atoms with E-state index in [0.29, 0.717) is 22.8 Å². The smallest absolute Gasteiger partial charge is 0.406 e. The molecule has 0 bridgehead atoms. The molecule has 1 saturated heterocycles. The third-order valence-electron chi connectivity index (χ3n) is 6.50. The maximum Gasteiger partial charge on any atom is 0.573 e. The summed E-state index contributed by atoms with van der Waals surface area (Å²) >= 11 is 1.35. The predicted molar refractivity (Wildman–Crippen MR) is 155 cm³/mol. The summed E-state index contributed by atoms with van der Waals surface area (Å²) in [6.45, 7) is 5.94. The number of benzene rings is 3. The van der Waals surface area contributed by atoms with Gasteiger partial charge in [-0.15, -0.1) is 30.0 Å². The zero-order valence-electron chi connectivity index (χ0n) is 22.8. The van der Waals surface area contributed by atoms with Crippen molar-refractivity contribution < 1.29 is 27.5 Å². The van der Waals surface area contributed by atoms with Crippen LogP contribution in [0.3, 0.4) is 0 Å². The first kappa shape index (κ1) is 29.0. The molecule has 1 unspecified atom stereocenters. The molecule has 42 heavy (non-hydrogen) atoms. The molecule has 0 aliphatic carbocycles. The summed E-state index contributed by atoms with van der Waals surface area (Å²) < 4.78 is 42.6. The van der Waals surface area contributed by atoms with E-state index in [1.807, 2.05) is 37.3 Å². The van der Waals surface area contributed by atoms with Crippen molar-refractivity contribution in [2.75, 3.05) is 16.0 Å². The van der Waals surface area contributed by atoms with Crippen LogP contribution < -0.4 is 20.3 Å². The molecule has 13 heteroatoms. The van der Waals surface area contributed by atoms with Gasteiger partial charge in [-0.05, 0) is 72.5 Å². The molecule has 0 radical (unpaired) electrons. The zero-order chi connectivity index (χ0) is 30.0. The number of para-hydroxylation sites is 1. The van der Waals surface area contributed by atoms with Crippen LogP contribution >= 0.6 is 11.8 Å². The van der Waals surface area contributed by atoms with Crippen LogP contribution in [0.4, 0.5) is 29.3 Å². The number of nitrogens with one attached hydrogen (secondary N) is 2. The summed E-state index contributed by atoms with van der Waals surface area (Å²) in [5, 5.41) is 10.2. The van der Waals surface area contributed by atoms with Gasteiger partial charge in [0.25, 0.3) is 0 Å². The SMILES string of the molecule is Cc1cc(-c2ncn(-c3ccc(OC(F)(F)F)cc3)n2)ccc1NC(=O)NC1SCC(=O)N1c1ccccc1C(C)C. The summed E-state index contributed by atoms with van der Waals surface area (Å²) in [5.74, 6) is 0.451. The van der Waals surface area contributed by atoms with Crippen molar-refractivity contribution in [1.82, 2.24) is 20.1 Å². The highest BCUT2D eigenvalue weighted by Gasteiger charge is 2.35. The minimum Gasteiger partial charge on any atom is -0.406 e. The van der Waals surface area contributed by atoms with Crippen molar-refractivity contribution in [2.24, 2.45) is 0 Å². The van der Waals surface area contributed by atoms with Crippen LogP contribution in [0.2, 0.25) is 0 Å². The first-order valence-electron chi connectivity index (χ1n) is 13.0. The number of alkyl halides is 3. The van der Waals surface area contributed by atoms with Gasteiger partial charge in [-0.3, -0.25) is 9.69 Å². The quantitative estimate of drug-likeness (QED) is 0.254. The standard InChI is InChI=1S/C29H27F3N6O3S/c1-17(2)22-6-4-5-7-24(22)38-25(39)15-42-28(38)35-27(40)34-23-13-8-19(14-18(23)3)26-33-16-37(36-26)20-9-11-21(12-10-20)41-29(30,31)32/h4-14,16-17,28H,15H2,1-3H3,(H2,34,35,40). The zero-order valence-corrected chi connectivity index (χ0v) is 23.7. The van der Waals surface area contributed by atoms with Crippen molar-refractivity contribution in [3.63, 3.8) is 0 Å². The topological polar surface area (TPSA) is 101 Å². The van der Waals surface area contributed by atoms with Crippen LogP contribution in [0.15, 0.2) is 73.1 Å². The molecule has 5 rings (SSSR count). The predicted octanol–water partition coefficient (Wildman–Crippen LogP) is 6.45. The van der Waals surface area contributed by atoms with Gasteiger partial charge in [-0.1, -0.05) is 32.0 Å². The van der Waals surface area contributed by atoms with E-state index in [0.717, 1.165) is 16.8 Å². The summed E-state index contributed by atoms with van der Waals surface area (Å²) in [7, 11) is 0. The Bertz CT molecular complexity index is 1610. The van der Waals surface area contributed by atoms with Crippen LogP contribution in [0.5, 0.6) is 5.75 Å². The monoisotopic (exact) mass is 596 g/mol. The fourth-order valence-corrected chi connectivity index (χ4v) is 5.53. The Labute approximate surface area is 244 Å². The molecule has 0 saturated carbocycles. The van der Waals surface area contributed by atoms with E-state index < -0.39 is 17.9 Å². The first-order valence-corrected chi connectivity index (χ1v) is 14.0. The molecule has 1 aliphatic heterocycles. The van der Waals surface area contributed by atoms with Gasteiger partial charge >= 0.3 is 12.4 Å². The molecular formula is C29H27F3N6O3S. The van der Waals surface area contributed by atoms with Crippen molar-refractivity contribution in [3.05, 3.63) is 84.2 Å². The van der Waals surface area contributed by atoms with Crippen LogP contribution in [-0.2, 0) is 4.79 Å². The molecule has 0 spiro atoms. The number of rotatable bonds is 7. The summed E-state index contributed by atoms with van der Waals surface area (Å²) in [6, 6.07) is 17.8. The molecule has 1 aliphatic rings. The summed E-state index contributed by atoms with van der Waals surface area (Å²) in [5.41, 5.74) is 3.76. The van der Waals surface area contributed by atoms with Gasteiger partial charge in [0.1, 0.15) is 12.1 Å². The average molecular weight is 597 g/mol. The number of hydrogen-bond acceptors (Lipinski definition) is 6. The summed E-state index contributed by atoms with van der Waals surface area (Å²) in [6.07, 6.45) is -3.32. The van der Waals surface area contributed by atoms with E-state index in [-0.39, 0.29) is 23.3 Å². The normalized spacial score (nSPS) is 15.3. The number of amides is 3. The molecule has 3 amide bonds. The maximum atomic E-state index is 13.0. The highest BCUT2D eigenvalue weighted by atomic mass is 32.2. The highest BCUT2D eigenvalue weighted by Crippen LogP contribution is 2.35. The molecule has 2 heterocycles. The van der Waals surface area contributed by atoms with Crippen LogP contribution in [0.1, 0.15) is 30.9 Å². The number of hydrogen-bond donors (Lipinski definition) is 2. The third kappa shape index (κ3) is 6.51. The Morgan fingerprint density at radius 3 is 2.52 bits per heavy atom. The van der Waals surface area contributed by atoms with Gasteiger partial charge in [-0.2, -0.15) is 0 Å². The lowest BCUT2D eigenvalue weighted by molar-refractivity contribution is -0.274. The second kappa shape index (κ2) is 11.8. The number of ether oxygens (including phenoxy) is 1. The van der Waals surface area contributed by atoms with Gasteiger partial charge < -0.3 is 15.4 Å². The maximum absolute atomic E-state index is 13.0. The van der Waals surface area contributed by atoms with Gasteiger partial charge in [0.2, 0.25) is 5.91 Å². The largest absolute Gasteiger partial charge is 0.573 e. The fraction of sp³-hybridized carbons (Fsp3) is 0.241. The molecule has 1 fully saturated rings. The lowest BCUT2D eigenvalue weighted by atomic mass is 10.0. The molecule has 3 aromatic carbocycles. The Balaban J connectivity index is 1.25. The third-order valence-corrected chi connectivity index (χ3v) is 7.56. The van der Waals surface area contributed by atoms with E-state index in [9.17, 15) is 22.8 Å². The van der Waals surface area contributed by atoms with E-state index in [1.165, 1.54) is 47.0 Å². The number of nitrogens with zero attached hydrogens (tertiary/aromatic N) is 4. The lowest BCUT2D eigenvalue weighted by Crippen LogP contribution is -2.46. The first-order chi connectivity index (χ1) is 20.0. The molecular weight excluding hydrogens is 569 g/mol. The van der Waals surface area contributed by atoms with Crippen LogP contribution in [0.25, 0.3) is 17.1 Å². The lowest BCUT2D eigenvalue weighted by Gasteiger charge is -2.28. The van der Waals surface area contributed by atoms with Gasteiger partial charge in [0.15, 0.2) is 11.3 Å². The number of thioether (sulfide) groups is 1. The van der Waals surface area contributed by atoms with Crippen molar-refractivity contribution in [3.8, 4) is 22.8 Å². The van der Waals surface area contributed by atoms with Crippen molar-refractivity contribution >= 4 is 35.1 Å². The highest BCUT2D eigenvalue weighted by molar-refractivity contribution is 8.01. The van der Waals surface area contributed by atoms with E-state index in [1.54, 1.807) is 17.0 Å². The number of carbonyl (C=O) groups excluding carboxylic acids is 2. The number of aromatic nitrogens is 3. The number of urea groups is 1. The number of aryl methyl sites for hydroxylation is 1. The van der Waals surface area contributed by atoms with Gasteiger partial charge in [-0.25, -0.2) is 14.5 Å². The van der Waals surface area contributed by atoms with Crippen LogP contribution in [-0.4, -0.2) is 44.3 Å². The molecule has 1 atom stereocenters. The summed E-state index contributed by atoms with van der Waals surface area (Å²) in [4.78, 5) is 31.7. The minimum absolute atomic E-state index is 0.0727. The number of anilines is 2. The van der Waals surface area contributed by atoms with Gasteiger partial charge in [0.05, 0.1) is 17.1 Å². The fourth-order valence-electron chi connectivity index (χ4n) is 4.52. The second-order valence-corrected chi connectivity index (χ2v) is 10.9. The van der Waals surface area contributed by atoms with E-state index in [2.05, 4.69) is 39.3 Å². The van der Waals surface area contributed by atoms with E-state index >= 15 is 0 Å². The van der Waals surface area contributed by atoms with Crippen molar-refractivity contribution in [2.45, 2.75) is 38.5 Å². The Kier molecular flexibility index (Phi) is 8.12.